The summed E-state index contributed by atoms with van der Waals surface area (Å²) in [7, 11) is 0. The molecule has 0 aliphatic heterocycles. The van der Waals surface area contributed by atoms with Crippen molar-refractivity contribution in [2.75, 3.05) is 0 Å². The van der Waals surface area contributed by atoms with E-state index in [1.54, 1.807) is 0 Å². The first-order valence-electron chi connectivity index (χ1n) is 4.63. The lowest BCUT2D eigenvalue weighted by molar-refractivity contribution is 0.0658. The molecule has 5 heteroatoms. The number of hydrogen-bond donors (Lipinski definition) is 2. The molecule has 82 valence electrons. The van der Waals surface area contributed by atoms with Gasteiger partial charge in [-0.15, -0.1) is 0 Å². The molecule has 5 nitrogen and oxygen atoms in total. The summed E-state index contributed by atoms with van der Waals surface area (Å²) >= 11 is 0. The normalized spacial score (nSPS) is 13.2. The van der Waals surface area contributed by atoms with Crippen LogP contribution in [0.4, 0.5) is 0 Å². The van der Waals surface area contributed by atoms with Crippen molar-refractivity contribution in [3.8, 4) is 0 Å². The number of aromatic amines is 1. The maximum Gasteiger partial charge on any atom is 0.417 e. The van der Waals surface area contributed by atoms with Gasteiger partial charge in [0.25, 0.3) is 0 Å². The maximum atomic E-state index is 10.9. The molecule has 0 radical (unpaired) electrons. The number of rotatable bonds is 4. The zero-order chi connectivity index (χ0) is 11.4. The average Bonchev–Trinajstić information content (AvgIpc) is 2.57. The molecule has 0 unspecified atom stereocenters. The summed E-state index contributed by atoms with van der Waals surface area (Å²) in [6.45, 7) is 3.70. The second-order valence-electron chi connectivity index (χ2n) is 3.27. The van der Waals surface area contributed by atoms with Gasteiger partial charge in [-0.05, 0) is 13.3 Å². The predicted molar refractivity (Wildman–Crippen MR) is 54.1 cm³/mol. The topological polar surface area (TPSA) is 83.3 Å². The van der Waals surface area contributed by atoms with Crippen molar-refractivity contribution in [1.29, 1.82) is 0 Å². The minimum atomic E-state index is -1.23. The number of aromatic carboxylic acids is 1. The first kappa shape index (κ1) is 11.3. The Bertz CT molecular complexity index is 427. The van der Waals surface area contributed by atoms with Gasteiger partial charge in [0, 0.05) is 5.92 Å². The van der Waals surface area contributed by atoms with Gasteiger partial charge in [0.1, 0.15) is 0 Å². The van der Waals surface area contributed by atoms with Gasteiger partial charge in [-0.1, -0.05) is 19.1 Å². The third kappa shape index (κ3) is 2.59. The summed E-state index contributed by atoms with van der Waals surface area (Å²) in [5.74, 6) is -2.33. The van der Waals surface area contributed by atoms with Crippen LogP contribution in [0.5, 0.6) is 0 Å². The molecular formula is C10H13NO4. The standard InChI is InChI=1S/C10H13NO4/c1-3-4-5-6(2)7-8(9(12)13)15-10(14)11-7/h3-4,6H,5H2,1-2H3,(H,11,14)(H,12,13)/t6-/m1/s1. The number of carboxylic acid groups (broad SMARTS) is 1. The molecule has 0 saturated heterocycles. The monoisotopic (exact) mass is 211 g/mol. The SMILES string of the molecule is CC=CC[C@@H](C)c1[nH]c(=O)oc1C(=O)O. The lowest BCUT2D eigenvalue weighted by Gasteiger charge is -2.05. The molecule has 1 aromatic rings. The summed E-state index contributed by atoms with van der Waals surface area (Å²) in [6.07, 6.45) is 4.43. The number of hydrogen-bond acceptors (Lipinski definition) is 3. The van der Waals surface area contributed by atoms with Crippen molar-refractivity contribution in [3.05, 3.63) is 34.2 Å². The van der Waals surface area contributed by atoms with Crippen molar-refractivity contribution in [2.45, 2.75) is 26.2 Å². The van der Waals surface area contributed by atoms with E-state index in [4.69, 9.17) is 5.11 Å². The molecule has 0 fully saturated rings. The zero-order valence-corrected chi connectivity index (χ0v) is 8.61. The number of carboxylic acids is 1. The van der Waals surface area contributed by atoms with E-state index in [0.29, 0.717) is 12.1 Å². The molecule has 1 aromatic heterocycles. The molecular weight excluding hydrogens is 198 g/mol. The number of H-pyrrole nitrogens is 1. The van der Waals surface area contributed by atoms with Gasteiger partial charge in [-0.2, -0.15) is 0 Å². The van der Waals surface area contributed by atoms with Crippen molar-refractivity contribution in [3.63, 3.8) is 0 Å². The van der Waals surface area contributed by atoms with E-state index in [9.17, 15) is 9.59 Å². The van der Waals surface area contributed by atoms with Gasteiger partial charge in [0.2, 0.25) is 5.76 Å². The predicted octanol–water partition coefficient (Wildman–Crippen LogP) is 1.74. The zero-order valence-electron chi connectivity index (χ0n) is 8.61. The van der Waals surface area contributed by atoms with Crippen LogP contribution in [0.1, 0.15) is 42.4 Å². The number of allylic oxidation sites excluding steroid dienone is 2. The Morgan fingerprint density at radius 2 is 2.33 bits per heavy atom. The van der Waals surface area contributed by atoms with E-state index < -0.39 is 11.7 Å². The minimum Gasteiger partial charge on any atom is -0.475 e. The van der Waals surface area contributed by atoms with Crippen molar-refractivity contribution in [2.24, 2.45) is 0 Å². The summed E-state index contributed by atoms with van der Waals surface area (Å²) in [4.78, 5) is 24.0. The molecule has 0 amide bonds. The Morgan fingerprint density at radius 3 is 2.87 bits per heavy atom. The van der Waals surface area contributed by atoms with Crippen LogP contribution in [0.15, 0.2) is 21.4 Å². The van der Waals surface area contributed by atoms with E-state index in [2.05, 4.69) is 9.40 Å². The summed E-state index contributed by atoms with van der Waals surface area (Å²) in [5, 5.41) is 8.78. The maximum absolute atomic E-state index is 10.9. The number of carbonyl (C=O) groups is 1. The molecule has 2 N–H and O–H groups in total. The van der Waals surface area contributed by atoms with Crippen LogP contribution in [0.25, 0.3) is 0 Å². The molecule has 0 bridgehead atoms. The second-order valence-corrected chi connectivity index (χ2v) is 3.27. The van der Waals surface area contributed by atoms with Crippen molar-refractivity contribution < 1.29 is 14.3 Å². The van der Waals surface area contributed by atoms with E-state index in [-0.39, 0.29) is 11.7 Å². The molecule has 0 aromatic carbocycles. The van der Waals surface area contributed by atoms with Crippen LogP contribution in [-0.2, 0) is 0 Å². The summed E-state index contributed by atoms with van der Waals surface area (Å²) in [6, 6.07) is 0. The number of nitrogens with one attached hydrogen (secondary N) is 1. The van der Waals surface area contributed by atoms with Crippen LogP contribution in [-0.4, -0.2) is 16.1 Å². The minimum absolute atomic E-state index is 0.0845. The second kappa shape index (κ2) is 4.63. The number of oxazole rings is 1. The van der Waals surface area contributed by atoms with Crippen molar-refractivity contribution >= 4 is 5.97 Å². The van der Waals surface area contributed by atoms with Gasteiger partial charge in [0.15, 0.2) is 0 Å². The quantitative estimate of drug-likeness (QED) is 0.743. The first-order chi connectivity index (χ1) is 7.06. The Labute approximate surface area is 86.4 Å². The molecule has 0 aliphatic carbocycles. The summed E-state index contributed by atoms with van der Waals surface area (Å²) < 4.78 is 4.54. The van der Waals surface area contributed by atoms with E-state index in [0.717, 1.165) is 0 Å². The largest absolute Gasteiger partial charge is 0.475 e. The van der Waals surface area contributed by atoms with Crippen LogP contribution >= 0.6 is 0 Å². The molecule has 1 rings (SSSR count). The highest BCUT2D eigenvalue weighted by molar-refractivity contribution is 5.85. The van der Waals surface area contributed by atoms with Crippen molar-refractivity contribution in [1.82, 2.24) is 4.98 Å². The van der Waals surface area contributed by atoms with Gasteiger partial charge in [-0.3, -0.25) is 4.98 Å². The highest BCUT2D eigenvalue weighted by Gasteiger charge is 2.20. The highest BCUT2D eigenvalue weighted by atomic mass is 16.4. The van der Waals surface area contributed by atoms with Crippen LogP contribution < -0.4 is 5.76 Å². The Kier molecular flexibility index (Phi) is 3.49. The molecule has 0 spiro atoms. The van der Waals surface area contributed by atoms with Crippen LogP contribution in [0.2, 0.25) is 0 Å². The third-order valence-corrected chi connectivity index (χ3v) is 2.09. The average molecular weight is 211 g/mol. The highest BCUT2D eigenvalue weighted by Crippen LogP contribution is 2.20. The molecule has 0 aliphatic rings. The molecule has 0 saturated carbocycles. The Morgan fingerprint density at radius 1 is 1.67 bits per heavy atom. The van der Waals surface area contributed by atoms with Gasteiger partial charge in [0.05, 0.1) is 5.69 Å². The molecule has 1 atom stereocenters. The van der Waals surface area contributed by atoms with Crippen LogP contribution in [0.3, 0.4) is 0 Å². The van der Waals surface area contributed by atoms with Gasteiger partial charge >= 0.3 is 11.7 Å². The fourth-order valence-corrected chi connectivity index (χ4v) is 1.30. The van der Waals surface area contributed by atoms with E-state index in [1.165, 1.54) is 0 Å². The summed E-state index contributed by atoms with van der Waals surface area (Å²) in [5.41, 5.74) is 0.339. The smallest absolute Gasteiger partial charge is 0.417 e. The number of aromatic nitrogens is 1. The van der Waals surface area contributed by atoms with E-state index in [1.807, 2.05) is 26.0 Å². The van der Waals surface area contributed by atoms with Crippen LogP contribution in [0, 0.1) is 0 Å². The fourth-order valence-electron chi connectivity index (χ4n) is 1.30. The first-order valence-corrected chi connectivity index (χ1v) is 4.63. The third-order valence-electron chi connectivity index (χ3n) is 2.09. The lowest BCUT2D eigenvalue weighted by Crippen LogP contribution is -2.03. The molecule has 1 heterocycles. The van der Waals surface area contributed by atoms with Gasteiger partial charge in [-0.25, -0.2) is 9.59 Å². The van der Waals surface area contributed by atoms with Gasteiger partial charge < -0.3 is 9.52 Å². The molecule has 15 heavy (non-hydrogen) atoms. The van der Waals surface area contributed by atoms with E-state index >= 15 is 0 Å². The Balaban J connectivity index is 3.01. The fraction of sp³-hybridized carbons (Fsp3) is 0.400. The lowest BCUT2D eigenvalue weighted by atomic mass is 10.0. The Hall–Kier alpha value is -1.78.